The maximum absolute atomic E-state index is 12.7. The van der Waals surface area contributed by atoms with E-state index < -0.39 is 11.9 Å². The zero-order valence-electron chi connectivity index (χ0n) is 17.4. The first kappa shape index (κ1) is 20.2. The van der Waals surface area contributed by atoms with Crippen molar-refractivity contribution in [3.05, 3.63) is 90.1 Å². The number of fused-ring (bicyclic) bond motifs is 1. The van der Waals surface area contributed by atoms with Crippen LogP contribution in [0.5, 0.6) is 0 Å². The van der Waals surface area contributed by atoms with Crippen molar-refractivity contribution < 1.29 is 19.1 Å². The number of imidazole rings is 1. The molecular formula is C24H21N3O4. The number of pyridine rings is 1. The quantitative estimate of drug-likeness (QED) is 0.604. The minimum atomic E-state index is -0.644. The molecule has 2 aromatic heterocycles. The number of rotatable bonds is 4. The molecule has 0 N–H and O–H groups in total. The summed E-state index contributed by atoms with van der Waals surface area (Å²) in [6, 6.07) is 11.7. The van der Waals surface area contributed by atoms with Crippen LogP contribution in [0.3, 0.4) is 0 Å². The van der Waals surface area contributed by atoms with Crippen LogP contribution >= 0.6 is 0 Å². The second kappa shape index (κ2) is 8.31. The molecule has 1 aliphatic heterocycles. The Morgan fingerprint density at radius 2 is 1.81 bits per heavy atom. The highest BCUT2D eigenvalue weighted by atomic mass is 16.5. The van der Waals surface area contributed by atoms with Crippen LogP contribution in [0.25, 0.3) is 16.9 Å². The Labute approximate surface area is 179 Å². The number of ether oxygens (including phenoxy) is 2. The van der Waals surface area contributed by atoms with Crippen LogP contribution in [-0.2, 0) is 19.1 Å². The number of anilines is 1. The molecule has 0 atom stereocenters. The van der Waals surface area contributed by atoms with Gasteiger partial charge in [-0.05, 0) is 42.8 Å². The molecule has 1 aromatic carbocycles. The van der Waals surface area contributed by atoms with Gasteiger partial charge in [-0.2, -0.15) is 0 Å². The number of carbonyl (C=O) groups is 2. The van der Waals surface area contributed by atoms with Crippen molar-refractivity contribution in [2.45, 2.75) is 6.92 Å². The minimum Gasteiger partial charge on any atom is -0.465 e. The van der Waals surface area contributed by atoms with Gasteiger partial charge in [-0.3, -0.25) is 0 Å². The van der Waals surface area contributed by atoms with Gasteiger partial charge in [0.2, 0.25) is 0 Å². The fourth-order valence-corrected chi connectivity index (χ4v) is 3.45. The summed E-state index contributed by atoms with van der Waals surface area (Å²) in [6.45, 7) is 1.93. The molecule has 4 rings (SSSR count). The van der Waals surface area contributed by atoms with Gasteiger partial charge < -0.3 is 18.8 Å². The summed E-state index contributed by atoms with van der Waals surface area (Å²) in [5.41, 5.74) is 4.31. The highest BCUT2D eigenvalue weighted by Crippen LogP contribution is 2.32. The number of benzene rings is 1. The van der Waals surface area contributed by atoms with Gasteiger partial charge in [0.25, 0.3) is 0 Å². The highest BCUT2D eigenvalue weighted by Gasteiger charge is 2.28. The van der Waals surface area contributed by atoms with Crippen LogP contribution in [0.15, 0.2) is 84.5 Å². The van der Waals surface area contributed by atoms with E-state index in [1.807, 2.05) is 60.1 Å². The highest BCUT2D eigenvalue weighted by molar-refractivity contribution is 6.05. The molecule has 156 valence electrons. The van der Waals surface area contributed by atoms with Crippen molar-refractivity contribution in [2.75, 3.05) is 19.1 Å². The predicted molar refractivity (Wildman–Crippen MR) is 117 cm³/mol. The molecule has 0 bridgehead atoms. The van der Waals surface area contributed by atoms with Crippen molar-refractivity contribution in [3.8, 4) is 11.3 Å². The van der Waals surface area contributed by atoms with Crippen LogP contribution < -0.4 is 4.90 Å². The Morgan fingerprint density at radius 1 is 1.00 bits per heavy atom. The van der Waals surface area contributed by atoms with E-state index in [9.17, 15) is 9.59 Å². The van der Waals surface area contributed by atoms with Crippen molar-refractivity contribution >= 4 is 23.3 Å². The summed E-state index contributed by atoms with van der Waals surface area (Å²) in [5, 5.41) is 0. The van der Waals surface area contributed by atoms with E-state index in [4.69, 9.17) is 9.47 Å². The number of aryl methyl sites for hydroxylation is 1. The molecule has 3 aromatic rings. The van der Waals surface area contributed by atoms with E-state index in [2.05, 4.69) is 4.98 Å². The lowest BCUT2D eigenvalue weighted by Gasteiger charge is -2.25. The van der Waals surface area contributed by atoms with Gasteiger partial charge in [-0.1, -0.05) is 24.3 Å². The van der Waals surface area contributed by atoms with Gasteiger partial charge in [0.05, 0.1) is 25.5 Å². The molecule has 0 unspecified atom stereocenters. The summed E-state index contributed by atoms with van der Waals surface area (Å²) in [4.78, 5) is 31.4. The lowest BCUT2D eigenvalue weighted by atomic mass is 10.1. The molecule has 0 amide bonds. The van der Waals surface area contributed by atoms with Gasteiger partial charge in [0, 0.05) is 29.8 Å². The summed E-state index contributed by atoms with van der Waals surface area (Å²) in [5.74, 6) is -1.27. The zero-order valence-corrected chi connectivity index (χ0v) is 17.4. The smallest absolute Gasteiger partial charge is 0.355 e. The summed E-state index contributed by atoms with van der Waals surface area (Å²) in [6.07, 6.45) is 10.6. The lowest BCUT2D eigenvalue weighted by molar-refractivity contribution is -0.139. The van der Waals surface area contributed by atoms with Crippen molar-refractivity contribution in [3.63, 3.8) is 0 Å². The molecule has 0 aliphatic carbocycles. The van der Waals surface area contributed by atoms with Gasteiger partial charge in [-0.15, -0.1) is 0 Å². The lowest BCUT2D eigenvalue weighted by Crippen LogP contribution is -2.27. The molecule has 0 fully saturated rings. The van der Waals surface area contributed by atoms with E-state index >= 15 is 0 Å². The molecular weight excluding hydrogens is 394 g/mol. The third-order valence-corrected chi connectivity index (χ3v) is 5.02. The van der Waals surface area contributed by atoms with E-state index in [1.165, 1.54) is 20.3 Å². The molecule has 0 radical (unpaired) electrons. The number of esters is 2. The Morgan fingerprint density at radius 3 is 2.55 bits per heavy atom. The third kappa shape index (κ3) is 3.73. The molecule has 0 spiro atoms. The largest absolute Gasteiger partial charge is 0.465 e. The molecule has 31 heavy (non-hydrogen) atoms. The van der Waals surface area contributed by atoms with Crippen molar-refractivity contribution in [1.29, 1.82) is 0 Å². The van der Waals surface area contributed by atoms with Crippen LogP contribution in [0.1, 0.15) is 5.56 Å². The Balaban J connectivity index is 1.88. The first-order chi connectivity index (χ1) is 15.0. The minimum absolute atomic E-state index is 0.0783. The van der Waals surface area contributed by atoms with Crippen molar-refractivity contribution in [1.82, 2.24) is 9.38 Å². The number of allylic oxidation sites excluding steroid dienone is 2. The van der Waals surface area contributed by atoms with Gasteiger partial charge in [0.15, 0.2) is 0 Å². The van der Waals surface area contributed by atoms with E-state index in [0.717, 1.165) is 28.2 Å². The molecule has 1 aliphatic rings. The van der Waals surface area contributed by atoms with E-state index in [0.29, 0.717) is 0 Å². The van der Waals surface area contributed by atoms with Crippen LogP contribution in [-0.4, -0.2) is 35.5 Å². The Bertz CT molecular complexity index is 1230. The summed E-state index contributed by atoms with van der Waals surface area (Å²) in [7, 11) is 2.55. The molecule has 0 saturated heterocycles. The fourth-order valence-electron chi connectivity index (χ4n) is 3.45. The van der Waals surface area contributed by atoms with Gasteiger partial charge >= 0.3 is 11.9 Å². The molecule has 0 saturated carbocycles. The normalized spacial score (nSPS) is 13.5. The predicted octanol–water partition coefficient (Wildman–Crippen LogP) is 3.80. The second-order valence-corrected chi connectivity index (χ2v) is 6.91. The van der Waals surface area contributed by atoms with Gasteiger partial charge in [0.1, 0.15) is 11.3 Å². The molecule has 7 heteroatoms. The third-order valence-electron chi connectivity index (χ3n) is 5.02. The topological polar surface area (TPSA) is 73.1 Å². The standard InChI is InChI=1S/C24H21N3O4/c1-16-10-11-17(19-15-26-12-6-5-9-21(26)25-19)14-20(16)27-13-7-4-8-18(23(28)30-2)22(27)24(29)31-3/h4-15H,1-3H3. The number of hydrogen-bond acceptors (Lipinski definition) is 6. The number of hydrogen-bond donors (Lipinski definition) is 0. The number of carbonyl (C=O) groups excluding carboxylic acids is 2. The van der Waals surface area contributed by atoms with E-state index in [-0.39, 0.29) is 11.3 Å². The maximum atomic E-state index is 12.7. The van der Waals surface area contributed by atoms with E-state index in [1.54, 1.807) is 23.3 Å². The summed E-state index contributed by atoms with van der Waals surface area (Å²) < 4.78 is 11.8. The van der Waals surface area contributed by atoms with Crippen LogP contribution in [0.2, 0.25) is 0 Å². The van der Waals surface area contributed by atoms with Crippen molar-refractivity contribution in [2.24, 2.45) is 0 Å². The average Bonchev–Trinajstić information content (AvgIpc) is 3.11. The number of aromatic nitrogens is 2. The number of methoxy groups -OCH3 is 2. The molecule has 3 heterocycles. The van der Waals surface area contributed by atoms with Crippen LogP contribution in [0, 0.1) is 6.92 Å². The van der Waals surface area contributed by atoms with Gasteiger partial charge in [-0.25, -0.2) is 14.6 Å². The Hall–Kier alpha value is -4.13. The second-order valence-electron chi connectivity index (χ2n) is 6.91. The summed E-state index contributed by atoms with van der Waals surface area (Å²) >= 11 is 0. The average molecular weight is 415 g/mol. The van der Waals surface area contributed by atoms with Crippen LogP contribution in [0.4, 0.5) is 5.69 Å². The first-order valence-electron chi connectivity index (χ1n) is 9.63. The number of nitrogens with zero attached hydrogens (tertiary/aromatic N) is 3. The SMILES string of the molecule is COC(=O)C1=C(C(=O)OC)N(c2cc(-c3cn4ccccc4n3)ccc2C)C=CC=C1. The molecule has 7 nitrogen and oxygen atoms in total. The fraction of sp³-hybridized carbons (Fsp3) is 0.125. The monoisotopic (exact) mass is 415 g/mol. The zero-order chi connectivity index (χ0) is 22.0. The maximum Gasteiger partial charge on any atom is 0.355 e. The Kier molecular flexibility index (Phi) is 5.41. The first-order valence-corrected chi connectivity index (χ1v) is 9.63.